The number of aromatic nitrogens is 4. The fourth-order valence-electron chi connectivity index (χ4n) is 9.63. The summed E-state index contributed by atoms with van der Waals surface area (Å²) < 4.78 is 6.60. The van der Waals surface area contributed by atoms with Gasteiger partial charge in [0, 0.05) is 47.8 Å². The number of ether oxygens (including phenoxy) is 1. The van der Waals surface area contributed by atoms with Crippen molar-refractivity contribution in [2.45, 2.75) is 83.5 Å². The second-order valence-electron chi connectivity index (χ2n) is 17.7. The molecular weight excluding hydrogens is 737 g/mol. The van der Waals surface area contributed by atoms with Gasteiger partial charge < -0.3 is 35.1 Å². The summed E-state index contributed by atoms with van der Waals surface area (Å²) in [4.78, 5) is 49.8. The van der Waals surface area contributed by atoms with Crippen LogP contribution in [0.3, 0.4) is 0 Å². The monoisotopic (exact) mass is 792 g/mol. The van der Waals surface area contributed by atoms with Crippen molar-refractivity contribution in [2.24, 2.45) is 17.6 Å². The molecule has 1 aliphatic carbocycles. The first-order chi connectivity index (χ1) is 28.5. The summed E-state index contributed by atoms with van der Waals surface area (Å²) in [6.45, 7) is 9.12. The Labute approximate surface area is 347 Å². The Hall–Kier alpha value is -5.52. The summed E-state index contributed by atoms with van der Waals surface area (Å²) in [6, 6.07) is 20.5. The molecule has 3 aromatic carbocycles. The lowest BCUT2D eigenvalue weighted by Gasteiger charge is -2.27. The minimum atomic E-state index is -0.515. The summed E-state index contributed by atoms with van der Waals surface area (Å²) in [5.41, 5.74) is 17.0. The normalized spacial score (nSPS) is 21.8. The molecule has 5 unspecified atom stereocenters. The van der Waals surface area contributed by atoms with Gasteiger partial charge in [-0.3, -0.25) is 9.59 Å². The molecule has 0 saturated carbocycles. The van der Waals surface area contributed by atoms with Gasteiger partial charge in [-0.2, -0.15) is 0 Å². The van der Waals surface area contributed by atoms with Crippen molar-refractivity contribution in [3.8, 4) is 28.3 Å². The summed E-state index contributed by atoms with van der Waals surface area (Å²) in [6.07, 6.45) is 10.7. The van der Waals surface area contributed by atoms with Gasteiger partial charge in [-0.1, -0.05) is 63.2 Å². The second-order valence-corrected chi connectivity index (χ2v) is 17.7. The highest BCUT2D eigenvalue weighted by molar-refractivity contribution is 5.95. The third-order valence-electron chi connectivity index (χ3n) is 13.0. The van der Waals surface area contributed by atoms with Crippen LogP contribution in [0.25, 0.3) is 34.2 Å². The van der Waals surface area contributed by atoms with Crippen molar-refractivity contribution in [1.82, 2.24) is 34.6 Å². The standard InChI is InChI=1S/C48H56N8O3/c1-28(2)44(49)48(58)56-18-8-12-42(56)46-51-25-40(53-46)32-14-16-38-35-21-34-20-31(13-15-37(34)29(3)36(22-35)27-59-43(38)23-32)39-24-50-45(52-39)41-11-7-17-55(41)47(57)33-10-6-9-30(19-33)26-54(4)5/h6,9-10,13-16,19-21,23-25,28-29,36,41-42,44H,7-8,11-12,17-18,22,26-27,49H2,1-5H3,(H,50,52)(H,51,53). The number of imidazole rings is 2. The number of nitrogens with zero attached hydrogens (tertiary/aromatic N) is 5. The van der Waals surface area contributed by atoms with E-state index >= 15 is 0 Å². The van der Waals surface area contributed by atoms with Crippen LogP contribution in [-0.4, -0.2) is 86.3 Å². The van der Waals surface area contributed by atoms with E-state index in [1.807, 2.05) is 68.3 Å². The first-order valence-electron chi connectivity index (χ1n) is 21.4. The van der Waals surface area contributed by atoms with E-state index in [1.54, 1.807) is 0 Å². The number of rotatable bonds is 9. The number of benzene rings is 3. The minimum Gasteiger partial charge on any atom is -0.493 e. The maximum atomic E-state index is 13.8. The molecule has 9 rings (SSSR count). The fourth-order valence-corrected chi connectivity index (χ4v) is 9.63. The molecule has 2 fully saturated rings. The number of fused-ring (bicyclic) bond motifs is 5. The summed E-state index contributed by atoms with van der Waals surface area (Å²) in [7, 11) is 4.08. The van der Waals surface area contributed by atoms with Crippen LogP contribution < -0.4 is 10.5 Å². The Morgan fingerprint density at radius 2 is 1.58 bits per heavy atom. The summed E-state index contributed by atoms with van der Waals surface area (Å²) in [5.74, 6) is 3.25. The molecule has 5 atom stereocenters. The maximum absolute atomic E-state index is 13.8. The van der Waals surface area contributed by atoms with Gasteiger partial charge in [-0.15, -0.1) is 0 Å². The largest absolute Gasteiger partial charge is 0.493 e. The van der Waals surface area contributed by atoms with Gasteiger partial charge in [0.1, 0.15) is 17.4 Å². The van der Waals surface area contributed by atoms with E-state index in [9.17, 15) is 9.59 Å². The lowest BCUT2D eigenvalue weighted by molar-refractivity contribution is -0.134. The molecule has 11 nitrogen and oxygen atoms in total. The van der Waals surface area contributed by atoms with E-state index in [-0.39, 0.29) is 29.8 Å². The number of aromatic amines is 2. The minimum absolute atomic E-state index is 0.00606. The first-order valence-corrected chi connectivity index (χ1v) is 21.4. The molecule has 5 heterocycles. The third kappa shape index (κ3) is 7.51. The van der Waals surface area contributed by atoms with Crippen LogP contribution in [-0.2, 0) is 11.3 Å². The molecule has 0 radical (unpaired) electrons. The molecule has 2 aromatic heterocycles. The number of H-pyrrole nitrogens is 2. The SMILES string of the molecule is CC(C)C(N)C(=O)N1CCCC1c1ncc(-c2ccc3c(c2)OCC2CC3=Cc3cc(-c4cnc(C5CCCN5C(=O)c5cccc(CN(C)C)c5)[nH]4)ccc3C2C)[nH]1. The number of hydrogen-bond donors (Lipinski definition) is 3. The zero-order valence-electron chi connectivity index (χ0n) is 34.9. The van der Waals surface area contributed by atoms with E-state index in [0.29, 0.717) is 31.5 Å². The van der Waals surface area contributed by atoms with Crippen LogP contribution in [0.15, 0.2) is 73.1 Å². The molecule has 4 N–H and O–H groups in total. The molecular formula is C48H56N8O3. The van der Waals surface area contributed by atoms with Gasteiger partial charge >= 0.3 is 0 Å². The third-order valence-corrected chi connectivity index (χ3v) is 13.0. The van der Waals surface area contributed by atoms with Gasteiger partial charge in [0.25, 0.3) is 5.91 Å². The Morgan fingerprint density at radius 3 is 2.29 bits per heavy atom. The Balaban J connectivity index is 0.959. The van der Waals surface area contributed by atoms with Crippen LogP contribution >= 0.6 is 0 Å². The van der Waals surface area contributed by atoms with Crippen molar-refractivity contribution < 1.29 is 14.3 Å². The lowest BCUT2D eigenvalue weighted by atomic mass is 9.84. The van der Waals surface area contributed by atoms with Crippen molar-refractivity contribution in [3.63, 3.8) is 0 Å². The van der Waals surface area contributed by atoms with Gasteiger partial charge in [0.2, 0.25) is 5.91 Å². The van der Waals surface area contributed by atoms with Crippen molar-refractivity contribution in [1.29, 1.82) is 0 Å². The van der Waals surface area contributed by atoms with Crippen LogP contribution in [0.4, 0.5) is 0 Å². The van der Waals surface area contributed by atoms with Crippen molar-refractivity contribution >= 4 is 23.5 Å². The molecule has 5 aromatic rings. The quantitative estimate of drug-likeness (QED) is 0.137. The zero-order chi connectivity index (χ0) is 40.9. The molecule has 2 amide bonds. The Kier molecular flexibility index (Phi) is 10.5. The van der Waals surface area contributed by atoms with Crippen LogP contribution in [0, 0.1) is 11.8 Å². The van der Waals surface area contributed by atoms with E-state index in [2.05, 4.69) is 70.3 Å². The molecule has 0 spiro atoms. The summed E-state index contributed by atoms with van der Waals surface area (Å²) >= 11 is 0. The fraction of sp³-hybridized carbons (Fsp3) is 0.417. The van der Waals surface area contributed by atoms with Crippen LogP contribution in [0.5, 0.6) is 5.75 Å². The number of nitrogens with one attached hydrogen (secondary N) is 2. The molecule has 59 heavy (non-hydrogen) atoms. The van der Waals surface area contributed by atoms with E-state index in [4.69, 9.17) is 20.4 Å². The predicted octanol–water partition coefficient (Wildman–Crippen LogP) is 8.21. The Bertz CT molecular complexity index is 2410. The number of carbonyl (C=O) groups excluding carboxylic acids is 2. The Morgan fingerprint density at radius 1 is 0.898 bits per heavy atom. The topological polar surface area (TPSA) is 136 Å². The van der Waals surface area contributed by atoms with Gasteiger partial charge in [0.05, 0.1) is 48.5 Å². The van der Waals surface area contributed by atoms with Gasteiger partial charge in [-0.25, -0.2) is 9.97 Å². The number of amides is 2. The van der Waals surface area contributed by atoms with Crippen molar-refractivity contribution in [3.05, 3.63) is 113 Å². The molecule has 3 aliphatic heterocycles. The van der Waals surface area contributed by atoms with Crippen LogP contribution in [0.2, 0.25) is 0 Å². The highest BCUT2D eigenvalue weighted by Gasteiger charge is 2.36. The van der Waals surface area contributed by atoms with Gasteiger partial charge in [0.15, 0.2) is 0 Å². The smallest absolute Gasteiger partial charge is 0.254 e. The summed E-state index contributed by atoms with van der Waals surface area (Å²) in [5, 5.41) is 0. The second kappa shape index (κ2) is 15.9. The lowest BCUT2D eigenvalue weighted by Crippen LogP contribution is -2.46. The first kappa shape index (κ1) is 39.0. The molecule has 4 aliphatic rings. The number of hydrogen-bond acceptors (Lipinski definition) is 7. The van der Waals surface area contributed by atoms with Gasteiger partial charge in [-0.05, 0) is 105 Å². The maximum Gasteiger partial charge on any atom is 0.254 e. The highest BCUT2D eigenvalue weighted by atomic mass is 16.5. The molecule has 2 bridgehead atoms. The number of allylic oxidation sites excluding steroid dienone is 1. The van der Waals surface area contributed by atoms with Crippen LogP contribution in [0.1, 0.15) is 115 Å². The molecule has 2 saturated heterocycles. The zero-order valence-corrected chi connectivity index (χ0v) is 34.9. The van der Waals surface area contributed by atoms with E-state index < -0.39 is 6.04 Å². The average molecular weight is 793 g/mol. The van der Waals surface area contributed by atoms with Crippen molar-refractivity contribution in [2.75, 3.05) is 33.8 Å². The number of likely N-dealkylation sites (tertiary alicyclic amines) is 2. The number of carbonyl (C=O) groups is 2. The average Bonchev–Trinajstić information content (AvgIpc) is 4.06. The highest BCUT2D eigenvalue weighted by Crippen LogP contribution is 2.46. The van der Waals surface area contributed by atoms with E-state index in [1.165, 1.54) is 16.7 Å². The number of nitrogens with two attached hydrogens (primary N) is 1. The van der Waals surface area contributed by atoms with E-state index in [0.717, 1.165) is 95.3 Å². The molecule has 11 heteroatoms. The predicted molar refractivity (Wildman–Crippen MR) is 231 cm³/mol. The molecule has 306 valence electrons.